The molecule has 0 aliphatic carbocycles. The molecule has 1 N–H and O–H groups in total. The van der Waals surface area contributed by atoms with Gasteiger partial charge in [0.15, 0.2) is 10.4 Å². The van der Waals surface area contributed by atoms with Crippen LogP contribution in [0.3, 0.4) is 0 Å². The van der Waals surface area contributed by atoms with Crippen molar-refractivity contribution in [2.75, 3.05) is 0 Å². The van der Waals surface area contributed by atoms with Gasteiger partial charge in [0.25, 0.3) is 0 Å². The molecule has 0 radical (unpaired) electrons. The van der Waals surface area contributed by atoms with Gasteiger partial charge in [0.05, 0.1) is 5.69 Å². The Kier molecular flexibility index (Phi) is 2.88. The molecule has 16 heavy (non-hydrogen) atoms. The van der Waals surface area contributed by atoms with Crippen LogP contribution in [0.25, 0.3) is 11.2 Å². The molecule has 2 rings (SSSR count). The minimum atomic E-state index is 0.418. The van der Waals surface area contributed by atoms with Crippen LogP contribution in [0.4, 0.5) is 0 Å². The van der Waals surface area contributed by atoms with Gasteiger partial charge in [0.2, 0.25) is 0 Å². The second kappa shape index (κ2) is 4.05. The Morgan fingerprint density at radius 1 is 1.50 bits per heavy atom. The smallest absolute Gasteiger partial charge is 0.179 e. The zero-order chi connectivity index (χ0) is 11.9. The summed E-state index contributed by atoms with van der Waals surface area (Å²) in [5, 5.41) is 4.41. The molecule has 4 nitrogen and oxygen atoms in total. The Balaban J connectivity index is 2.68. The summed E-state index contributed by atoms with van der Waals surface area (Å²) in [6, 6.07) is 0.418. The van der Waals surface area contributed by atoms with Crippen molar-refractivity contribution < 1.29 is 0 Å². The van der Waals surface area contributed by atoms with Crippen molar-refractivity contribution in [3.05, 3.63) is 10.5 Å². The van der Waals surface area contributed by atoms with Crippen LogP contribution >= 0.6 is 12.2 Å². The molecular weight excluding hydrogens is 220 g/mol. The third-order valence-electron chi connectivity index (χ3n) is 3.02. The number of imidazole rings is 1. The van der Waals surface area contributed by atoms with E-state index < -0.39 is 0 Å². The molecule has 0 saturated heterocycles. The average Bonchev–Trinajstić information content (AvgIpc) is 2.67. The summed E-state index contributed by atoms with van der Waals surface area (Å²) in [6.45, 7) is 6.40. The number of hydrogen-bond acceptors (Lipinski definition) is 2. The predicted octanol–water partition coefficient (Wildman–Crippen LogP) is 3.10. The fraction of sp³-hybridized carbons (Fsp3) is 0.636. The third-order valence-corrected chi connectivity index (χ3v) is 3.32. The highest BCUT2D eigenvalue weighted by Crippen LogP contribution is 2.23. The van der Waals surface area contributed by atoms with E-state index >= 15 is 0 Å². The van der Waals surface area contributed by atoms with Crippen molar-refractivity contribution >= 4 is 23.4 Å². The lowest BCUT2D eigenvalue weighted by atomic mass is 10.2. The fourth-order valence-corrected chi connectivity index (χ4v) is 2.66. The first kappa shape index (κ1) is 11.4. The number of aromatic amines is 1. The van der Waals surface area contributed by atoms with Crippen molar-refractivity contribution in [3.8, 4) is 0 Å². The molecule has 0 saturated carbocycles. The van der Waals surface area contributed by atoms with Gasteiger partial charge in [-0.1, -0.05) is 13.3 Å². The summed E-state index contributed by atoms with van der Waals surface area (Å²) < 4.78 is 4.88. The van der Waals surface area contributed by atoms with Crippen LogP contribution < -0.4 is 0 Å². The Labute approximate surface area is 100 Å². The monoisotopic (exact) mass is 238 g/mol. The molecule has 0 fully saturated rings. The molecule has 0 amide bonds. The lowest BCUT2D eigenvalue weighted by Gasteiger charge is -2.13. The summed E-state index contributed by atoms with van der Waals surface area (Å²) in [5.41, 5.74) is 3.17. The van der Waals surface area contributed by atoms with Crippen LogP contribution in [-0.4, -0.2) is 19.3 Å². The average molecular weight is 238 g/mol. The molecule has 1 atom stereocenters. The van der Waals surface area contributed by atoms with Gasteiger partial charge in [-0.05, 0) is 32.5 Å². The number of rotatable bonds is 3. The maximum Gasteiger partial charge on any atom is 0.179 e. The highest BCUT2D eigenvalue weighted by molar-refractivity contribution is 7.71. The normalized spacial score (nSPS) is 13.5. The fourth-order valence-electron chi connectivity index (χ4n) is 2.29. The Bertz CT molecular complexity index is 560. The Hall–Kier alpha value is -1.10. The zero-order valence-electron chi connectivity index (χ0n) is 10.2. The van der Waals surface area contributed by atoms with Gasteiger partial charge in [-0.3, -0.25) is 9.25 Å². The van der Waals surface area contributed by atoms with E-state index in [0.29, 0.717) is 6.04 Å². The topological polar surface area (TPSA) is 38.5 Å². The van der Waals surface area contributed by atoms with Crippen LogP contribution in [0.15, 0.2) is 0 Å². The molecule has 5 heteroatoms. The number of nitrogens with one attached hydrogen (secondary N) is 1. The lowest BCUT2D eigenvalue weighted by Crippen LogP contribution is -2.08. The summed E-state index contributed by atoms with van der Waals surface area (Å²) in [7, 11) is 1.97. The highest BCUT2D eigenvalue weighted by atomic mass is 32.1. The van der Waals surface area contributed by atoms with Gasteiger partial charge >= 0.3 is 0 Å². The Morgan fingerprint density at radius 2 is 2.19 bits per heavy atom. The van der Waals surface area contributed by atoms with Crippen LogP contribution in [0.2, 0.25) is 0 Å². The highest BCUT2D eigenvalue weighted by Gasteiger charge is 2.15. The molecule has 2 aromatic rings. The van der Waals surface area contributed by atoms with E-state index in [9.17, 15) is 0 Å². The summed E-state index contributed by atoms with van der Waals surface area (Å²) in [6.07, 6.45) is 2.29. The molecule has 0 bridgehead atoms. The van der Waals surface area contributed by atoms with E-state index in [2.05, 4.69) is 28.5 Å². The van der Waals surface area contributed by atoms with Crippen molar-refractivity contribution in [1.82, 2.24) is 19.3 Å². The van der Waals surface area contributed by atoms with E-state index in [4.69, 9.17) is 12.2 Å². The lowest BCUT2D eigenvalue weighted by molar-refractivity contribution is 0.497. The van der Waals surface area contributed by atoms with Gasteiger partial charge in [-0.25, -0.2) is 0 Å². The van der Waals surface area contributed by atoms with Gasteiger partial charge < -0.3 is 4.98 Å². The number of aromatic nitrogens is 4. The second-order valence-electron chi connectivity index (χ2n) is 4.35. The van der Waals surface area contributed by atoms with E-state index in [0.717, 1.165) is 34.5 Å². The largest absolute Gasteiger partial charge is 0.328 e. The van der Waals surface area contributed by atoms with Crippen LogP contribution in [0, 0.1) is 11.7 Å². The summed E-state index contributed by atoms with van der Waals surface area (Å²) in [5.74, 6) is 0. The van der Waals surface area contributed by atoms with Crippen LogP contribution in [0.5, 0.6) is 0 Å². The minimum absolute atomic E-state index is 0.418. The zero-order valence-corrected chi connectivity index (χ0v) is 11.1. The summed E-state index contributed by atoms with van der Waals surface area (Å²) >= 11 is 5.38. The molecule has 0 aliphatic heterocycles. The molecule has 0 aliphatic rings. The van der Waals surface area contributed by atoms with Gasteiger partial charge in [0, 0.05) is 13.1 Å². The third kappa shape index (κ3) is 1.59. The molecule has 2 heterocycles. The number of nitrogens with zero attached hydrogens (tertiary/aromatic N) is 3. The van der Waals surface area contributed by atoms with Gasteiger partial charge in [-0.2, -0.15) is 5.10 Å². The molecule has 2 aromatic heterocycles. The Morgan fingerprint density at radius 3 is 2.81 bits per heavy atom. The van der Waals surface area contributed by atoms with Crippen molar-refractivity contribution in [2.24, 2.45) is 7.05 Å². The minimum Gasteiger partial charge on any atom is -0.328 e. The number of hydrogen-bond donors (Lipinski definition) is 1. The standard InChI is InChI=1S/C11H18N4S/c1-5-6-7(2)15-10-9(12-11(15)16)8(3)13-14(10)4/h7H,5-6H2,1-4H3,(H,12,16). The van der Waals surface area contributed by atoms with Crippen LogP contribution in [0.1, 0.15) is 38.4 Å². The summed E-state index contributed by atoms with van der Waals surface area (Å²) in [4.78, 5) is 3.25. The van der Waals surface area contributed by atoms with Crippen molar-refractivity contribution in [2.45, 2.75) is 39.7 Å². The molecule has 0 aromatic carbocycles. The van der Waals surface area contributed by atoms with Crippen LogP contribution in [-0.2, 0) is 7.05 Å². The molecular formula is C11H18N4S. The maximum atomic E-state index is 5.38. The number of aryl methyl sites for hydroxylation is 2. The van der Waals surface area contributed by atoms with Gasteiger partial charge in [0.1, 0.15) is 5.52 Å². The predicted molar refractivity (Wildman–Crippen MR) is 68.2 cm³/mol. The van der Waals surface area contributed by atoms with Crippen molar-refractivity contribution in [1.29, 1.82) is 0 Å². The van der Waals surface area contributed by atoms with E-state index in [1.165, 1.54) is 0 Å². The van der Waals surface area contributed by atoms with Gasteiger partial charge in [-0.15, -0.1) is 0 Å². The first-order valence-corrected chi connectivity index (χ1v) is 6.10. The first-order chi connectivity index (χ1) is 7.56. The second-order valence-corrected chi connectivity index (χ2v) is 4.73. The van der Waals surface area contributed by atoms with E-state index in [-0.39, 0.29) is 0 Å². The molecule has 88 valence electrons. The van der Waals surface area contributed by atoms with E-state index in [1.54, 1.807) is 0 Å². The molecule has 0 spiro atoms. The van der Waals surface area contributed by atoms with Crippen molar-refractivity contribution in [3.63, 3.8) is 0 Å². The first-order valence-electron chi connectivity index (χ1n) is 5.70. The maximum absolute atomic E-state index is 5.38. The quantitative estimate of drug-likeness (QED) is 0.834. The SMILES string of the molecule is CCCC(C)n1c(=S)[nH]c2c(C)nn(C)c21. The molecule has 1 unspecified atom stereocenters. The number of fused-ring (bicyclic) bond motifs is 1. The van der Waals surface area contributed by atoms with E-state index in [1.807, 2.05) is 18.7 Å². The number of H-pyrrole nitrogens is 1.